The molecule has 0 aromatic heterocycles. The summed E-state index contributed by atoms with van der Waals surface area (Å²) in [5.74, 6) is -0.400. The molecule has 0 aliphatic carbocycles. The molecular weight excluding hydrogens is 284 g/mol. The highest BCUT2D eigenvalue weighted by Crippen LogP contribution is 2.33. The maximum Gasteiger partial charge on any atom is 0.389 e. The van der Waals surface area contributed by atoms with Crippen molar-refractivity contribution in [3.8, 4) is 0 Å². The first kappa shape index (κ1) is 16.2. The minimum absolute atomic E-state index is 0.0339. The lowest BCUT2D eigenvalue weighted by molar-refractivity contribution is -0.138. The van der Waals surface area contributed by atoms with E-state index in [4.69, 9.17) is 0 Å². The Morgan fingerprint density at radius 1 is 1.24 bits per heavy atom. The molecule has 1 fully saturated rings. The second-order valence-electron chi connectivity index (χ2n) is 5.46. The molecule has 1 atom stereocenters. The first-order chi connectivity index (χ1) is 9.87. The summed E-state index contributed by atoms with van der Waals surface area (Å²) in [4.78, 5) is 2.02. The predicted octanol–water partition coefficient (Wildman–Crippen LogP) is 3.42. The fourth-order valence-corrected chi connectivity index (χ4v) is 2.80. The van der Waals surface area contributed by atoms with Crippen LogP contribution < -0.4 is 5.32 Å². The number of hydrogen-bond donors (Lipinski definition) is 1. The van der Waals surface area contributed by atoms with Gasteiger partial charge in [0.1, 0.15) is 5.82 Å². The molecule has 1 aromatic carbocycles. The highest BCUT2D eigenvalue weighted by molar-refractivity contribution is 5.29. The van der Waals surface area contributed by atoms with Crippen LogP contribution in [0.5, 0.6) is 0 Å². The number of hydrogen-bond acceptors (Lipinski definition) is 2. The lowest BCUT2D eigenvalue weighted by atomic mass is 9.95. The van der Waals surface area contributed by atoms with Crippen LogP contribution >= 0.6 is 0 Å². The van der Waals surface area contributed by atoms with Crippen molar-refractivity contribution in [2.75, 3.05) is 26.2 Å². The topological polar surface area (TPSA) is 15.3 Å². The van der Waals surface area contributed by atoms with Crippen LogP contribution in [-0.4, -0.2) is 37.3 Å². The zero-order valence-corrected chi connectivity index (χ0v) is 12.0. The second-order valence-corrected chi connectivity index (χ2v) is 5.46. The first-order valence-corrected chi connectivity index (χ1v) is 7.14. The third kappa shape index (κ3) is 4.68. The van der Waals surface area contributed by atoms with Gasteiger partial charge in [0.2, 0.25) is 0 Å². The summed E-state index contributed by atoms with van der Waals surface area (Å²) in [6.07, 6.45) is -5.07. The molecule has 0 amide bonds. The van der Waals surface area contributed by atoms with Crippen LogP contribution in [0.1, 0.15) is 30.0 Å². The summed E-state index contributed by atoms with van der Waals surface area (Å²) in [5.41, 5.74) is 1.50. The van der Waals surface area contributed by atoms with Gasteiger partial charge in [0.05, 0.1) is 0 Å². The van der Waals surface area contributed by atoms with Crippen LogP contribution in [-0.2, 0) is 0 Å². The standard InChI is InChI=1S/C15H20F4N2/c1-11-2-3-12(16)10-13(11)14(4-5-15(17,18)19)21-8-6-20-7-9-21/h2-3,10,14,20H,4-9H2,1H3/t14-/m0/s1. The van der Waals surface area contributed by atoms with Crippen LogP contribution in [0.4, 0.5) is 17.6 Å². The van der Waals surface area contributed by atoms with Gasteiger partial charge in [0.15, 0.2) is 0 Å². The lowest BCUT2D eigenvalue weighted by Gasteiger charge is -2.36. The molecule has 0 bridgehead atoms. The molecule has 21 heavy (non-hydrogen) atoms. The highest BCUT2D eigenvalue weighted by Gasteiger charge is 2.31. The van der Waals surface area contributed by atoms with Gasteiger partial charge in [-0.25, -0.2) is 4.39 Å². The van der Waals surface area contributed by atoms with Crippen LogP contribution in [0.2, 0.25) is 0 Å². The molecule has 1 aliphatic rings. The zero-order valence-electron chi connectivity index (χ0n) is 12.0. The smallest absolute Gasteiger partial charge is 0.314 e. The number of piperazine rings is 1. The molecule has 1 heterocycles. The van der Waals surface area contributed by atoms with Gasteiger partial charge in [-0.15, -0.1) is 0 Å². The molecule has 1 N–H and O–H groups in total. The minimum Gasteiger partial charge on any atom is -0.314 e. The molecule has 0 unspecified atom stereocenters. The van der Waals surface area contributed by atoms with E-state index in [1.54, 1.807) is 6.07 Å². The Labute approximate surface area is 122 Å². The lowest BCUT2D eigenvalue weighted by Crippen LogP contribution is -2.45. The molecule has 2 rings (SSSR count). The fraction of sp³-hybridized carbons (Fsp3) is 0.600. The van der Waals surface area contributed by atoms with Gasteiger partial charge in [0, 0.05) is 38.6 Å². The molecule has 118 valence electrons. The van der Waals surface area contributed by atoms with Crippen molar-refractivity contribution in [3.63, 3.8) is 0 Å². The van der Waals surface area contributed by atoms with Crippen LogP contribution in [0.15, 0.2) is 18.2 Å². The minimum atomic E-state index is -4.19. The maximum absolute atomic E-state index is 13.5. The van der Waals surface area contributed by atoms with Gasteiger partial charge in [-0.2, -0.15) is 13.2 Å². The molecule has 6 heteroatoms. The summed E-state index contributed by atoms with van der Waals surface area (Å²) >= 11 is 0. The quantitative estimate of drug-likeness (QED) is 0.858. The van der Waals surface area contributed by atoms with E-state index in [2.05, 4.69) is 5.32 Å². The van der Waals surface area contributed by atoms with Crippen molar-refractivity contribution in [1.82, 2.24) is 10.2 Å². The average molecular weight is 304 g/mol. The monoisotopic (exact) mass is 304 g/mol. The molecular formula is C15H20F4N2. The van der Waals surface area contributed by atoms with Crippen molar-refractivity contribution in [2.24, 2.45) is 0 Å². The summed E-state index contributed by atoms with van der Waals surface area (Å²) in [5, 5.41) is 3.18. The van der Waals surface area contributed by atoms with Crippen LogP contribution in [0.3, 0.4) is 0 Å². The highest BCUT2D eigenvalue weighted by atomic mass is 19.4. The number of benzene rings is 1. The van der Waals surface area contributed by atoms with Crippen molar-refractivity contribution < 1.29 is 17.6 Å². The zero-order chi connectivity index (χ0) is 15.5. The van der Waals surface area contributed by atoms with Crippen molar-refractivity contribution >= 4 is 0 Å². The largest absolute Gasteiger partial charge is 0.389 e. The van der Waals surface area contributed by atoms with E-state index in [9.17, 15) is 17.6 Å². The molecule has 0 radical (unpaired) electrons. The summed E-state index contributed by atoms with van der Waals surface area (Å²) in [6.45, 7) is 4.67. The third-order valence-electron chi connectivity index (χ3n) is 3.89. The van der Waals surface area contributed by atoms with E-state index in [0.29, 0.717) is 18.7 Å². The van der Waals surface area contributed by atoms with E-state index in [1.807, 2.05) is 11.8 Å². The number of alkyl halides is 3. The van der Waals surface area contributed by atoms with E-state index < -0.39 is 18.4 Å². The molecule has 1 saturated heterocycles. The SMILES string of the molecule is Cc1ccc(F)cc1[C@H](CCC(F)(F)F)N1CCNCC1. The van der Waals surface area contributed by atoms with Crippen LogP contribution in [0.25, 0.3) is 0 Å². The van der Waals surface area contributed by atoms with Gasteiger partial charge in [-0.3, -0.25) is 4.90 Å². The summed E-state index contributed by atoms with van der Waals surface area (Å²) in [6, 6.07) is 3.97. The predicted molar refractivity (Wildman–Crippen MR) is 73.6 cm³/mol. The molecule has 1 aromatic rings. The van der Waals surface area contributed by atoms with Gasteiger partial charge in [-0.1, -0.05) is 6.07 Å². The van der Waals surface area contributed by atoms with Gasteiger partial charge >= 0.3 is 6.18 Å². The Kier molecular flexibility index (Phi) is 5.22. The molecule has 0 saturated carbocycles. The van der Waals surface area contributed by atoms with Gasteiger partial charge < -0.3 is 5.32 Å². The number of nitrogens with one attached hydrogen (secondary N) is 1. The number of aryl methyl sites for hydroxylation is 1. The first-order valence-electron chi connectivity index (χ1n) is 7.14. The van der Waals surface area contributed by atoms with Gasteiger partial charge in [-0.05, 0) is 36.6 Å². The fourth-order valence-electron chi connectivity index (χ4n) is 2.80. The Balaban J connectivity index is 2.23. The third-order valence-corrected chi connectivity index (χ3v) is 3.89. The Morgan fingerprint density at radius 2 is 1.90 bits per heavy atom. The summed E-state index contributed by atoms with van der Waals surface area (Å²) in [7, 11) is 0. The number of nitrogens with zero attached hydrogens (tertiary/aromatic N) is 1. The second kappa shape index (κ2) is 6.75. The summed E-state index contributed by atoms with van der Waals surface area (Å²) < 4.78 is 51.2. The molecule has 0 spiro atoms. The average Bonchev–Trinajstić information content (AvgIpc) is 2.43. The van der Waals surface area contributed by atoms with Crippen molar-refractivity contribution in [3.05, 3.63) is 35.1 Å². The number of rotatable bonds is 4. The van der Waals surface area contributed by atoms with Crippen LogP contribution in [0, 0.1) is 12.7 Å². The Morgan fingerprint density at radius 3 is 2.52 bits per heavy atom. The van der Waals surface area contributed by atoms with Crippen molar-refractivity contribution in [1.29, 1.82) is 0 Å². The molecule has 1 aliphatic heterocycles. The van der Waals surface area contributed by atoms with E-state index in [0.717, 1.165) is 18.7 Å². The number of halogens is 4. The Bertz CT molecular complexity index is 467. The van der Waals surface area contributed by atoms with E-state index in [-0.39, 0.29) is 12.5 Å². The van der Waals surface area contributed by atoms with Crippen molar-refractivity contribution in [2.45, 2.75) is 32.0 Å². The maximum atomic E-state index is 13.5. The van der Waals surface area contributed by atoms with Gasteiger partial charge in [0.25, 0.3) is 0 Å². The molecule has 2 nitrogen and oxygen atoms in total. The van der Waals surface area contributed by atoms with E-state index in [1.165, 1.54) is 12.1 Å². The van der Waals surface area contributed by atoms with E-state index >= 15 is 0 Å². The Hall–Kier alpha value is -1.14. The normalized spacial score (nSPS) is 18.7.